The molecule has 0 amide bonds. The monoisotopic (exact) mass is 318 g/mol. The fourth-order valence-electron chi connectivity index (χ4n) is 3.83. The Morgan fingerprint density at radius 2 is 1.50 bits per heavy atom. The zero-order valence-electron chi connectivity index (χ0n) is 14.5. The molecule has 1 N–H and O–H groups in total. The summed E-state index contributed by atoms with van der Waals surface area (Å²) in [7, 11) is -1.99. The van der Waals surface area contributed by atoms with Crippen molar-refractivity contribution < 1.29 is 14.4 Å². The maximum absolute atomic E-state index is 9.99. The van der Waals surface area contributed by atoms with Crippen LogP contribution < -0.4 is 9.16 Å². The second kappa shape index (κ2) is 6.29. The molecular weight excluding hydrogens is 290 g/mol. The summed E-state index contributed by atoms with van der Waals surface area (Å²) in [6.45, 7) is 13.7. The van der Waals surface area contributed by atoms with E-state index < -0.39 is 8.32 Å². The average Bonchev–Trinajstić information content (AvgIpc) is 2.44. The van der Waals surface area contributed by atoms with Crippen LogP contribution in [0, 0.1) is 0 Å². The quantitative estimate of drug-likeness (QED) is 0.482. The van der Waals surface area contributed by atoms with Gasteiger partial charge in [0.2, 0.25) is 6.20 Å². The molecule has 3 nitrogen and oxygen atoms in total. The first-order valence-corrected chi connectivity index (χ1v) is 10.3. The molecule has 0 fully saturated rings. The molecule has 0 radical (unpaired) electrons. The van der Waals surface area contributed by atoms with Crippen molar-refractivity contribution in [1.82, 2.24) is 0 Å². The molecule has 0 atom stereocenters. The van der Waals surface area contributed by atoms with E-state index in [9.17, 15) is 5.21 Å². The van der Waals surface area contributed by atoms with Gasteiger partial charge in [0.25, 0.3) is 13.8 Å². The summed E-state index contributed by atoms with van der Waals surface area (Å²) in [6.07, 6.45) is 1.64. The van der Waals surface area contributed by atoms with Crippen LogP contribution in [0.5, 0.6) is 5.75 Å². The lowest BCUT2D eigenvalue weighted by atomic mass is 10.2. The minimum atomic E-state index is -1.99. The molecule has 4 heteroatoms. The average molecular weight is 319 g/mol. The van der Waals surface area contributed by atoms with Crippen molar-refractivity contribution >= 4 is 19.2 Å². The van der Waals surface area contributed by atoms with E-state index in [1.165, 1.54) is 0 Å². The zero-order chi connectivity index (χ0) is 16.5. The molecule has 0 aliphatic heterocycles. The van der Waals surface area contributed by atoms with Crippen LogP contribution in [0.25, 0.3) is 10.9 Å². The summed E-state index contributed by atoms with van der Waals surface area (Å²) in [5.41, 5.74) is 2.34. The van der Waals surface area contributed by atoms with Gasteiger partial charge < -0.3 is 4.43 Å². The molecular formula is C18H28NO2Si+. The van der Waals surface area contributed by atoms with Crippen molar-refractivity contribution in [3.05, 3.63) is 36.5 Å². The second-order valence-corrected chi connectivity index (χ2v) is 12.3. The van der Waals surface area contributed by atoms with E-state index in [2.05, 4.69) is 41.5 Å². The van der Waals surface area contributed by atoms with E-state index in [0.717, 1.165) is 21.4 Å². The third kappa shape index (κ3) is 2.72. The molecule has 0 aliphatic carbocycles. The first kappa shape index (κ1) is 16.8. The highest BCUT2D eigenvalue weighted by Gasteiger charge is 2.47. The molecule has 0 spiro atoms. The van der Waals surface area contributed by atoms with E-state index >= 15 is 0 Å². The van der Waals surface area contributed by atoms with Crippen LogP contribution in [-0.4, -0.2) is 13.5 Å². The molecule has 0 saturated heterocycles. The highest BCUT2D eigenvalue weighted by molar-refractivity contribution is 6.78. The number of benzene rings is 1. The number of fused-ring (bicyclic) bond motifs is 1. The van der Waals surface area contributed by atoms with Gasteiger partial charge in [-0.1, -0.05) is 47.6 Å². The molecule has 120 valence electrons. The Kier molecular flexibility index (Phi) is 4.80. The minimum Gasteiger partial charge on any atom is -0.542 e. The van der Waals surface area contributed by atoms with Crippen LogP contribution in [0.4, 0.5) is 0 Å². The lowest BCUT2D eigenvalue weighted by molar-refractivity contribution is -0.884. The van der Waals surface area contributed by atoms with Crippen LogP contribution >= 0.6 is 0 Å². The number of aromatic nitrogens is 1. The minimum absolute atomic E-state index is 0.521. The molecule has 1 aromatic carbocycles. The zero-order valence-corrected chi connectivity index (χ0v) is 15.5. The Morgan fingerprint density at radius 1 is 0.909 bits per heavy atom. The Balaban J connectivity index is 2.59. The topological polar surface area (TPSA) is 33.3 Å². The largest absolute Gasteiger partial charge is 0.542 e. The maximum Gasteiger partial charge on any atom is 0.268 e. The number of nitrogens with zero attached hydrogens (tertiary/aromatic N) is 1. The Bertz CT molecular complexity index is 631. The predicted octanol–water partition coefficient (Wildman–Crippen LogP) is 4.92. The van der Waals surface area contributed by atoms with Crippen molar-refractivity contribution in [1.29, 1.82) is 0 Å². The third-order valence-corrected chi connectivity index (χ3v) is 10.8. The van der Waals surface area contributed by atoms with Crippen LogP contribution in [0.15, 0.2) is 36.5 Å². The van der Waals surface area contributed by atoms with Crippen molar-refractivity contribution in [2.24, 2.45) is 0 Å². The van der Waals surface area contributed by atoms with Gasteiger partial charge in [0.15, 0.2) is 0 Å². The molecule has 1 heterocycles. The summed E-state index contributed by atoms with van der Waals surface area (Å²) in [4.78, 5) is 0. The summed E-state index contributed by atoms with van der Waals surface area (Å²) in [6, 6.07) is 9.74. The van der Waals surface area contributed by atoms with E-state index in [4.69, 9.17) is 4.43 Å². The smallest absolute Gasteiger partial charge is 0.268 e. The van der Waals surface area contributed by atoms with Crippen molar-refractivity contribution in [3.8, 4) is 5.75 Å². The second-order valence-electron chi connectivity index (χ2n) is 6.96. The summed E-state index contributed by atoms with van der Waals surface area (Å²) in [5.74, 6) is 0.892. The van der Waals surface area contributed by atoms with E-state index in [1.54, 1.807) is 6.20 Å². The number of hydrogen-bond acceptors (Lipinski definition) is 2. The van der Waals surface area contributed by atoms with Gasteiger partial charge >= 0.3 is 0 Å². The SMILES string of the molecule is CC(C)[Si](Oc1cccc2c1ccc[n+]2O)(C(C)C)C(C)C. The van der Waals surface area contributed by atoms with E-state index in [-0.39, 0.29) is 0 Å². The lowest BCUT2D eigenvalue weighted by Crippen LogP contribution is -2.50. The molecule has 0 aliphatic rings. The van der Waals surface area contributed by atoms with Gasteiger partial charge in [-0.2, -0.15) is 0 Å². The van der Waals surface area contributed by atoms with Crippen LogP contribution in [-0.2, 0) is 0 Å². The number of pyridine rings is 1. The van der Waals surface area contributed by atoms with Crippen molar-refractivity contribution in [2.75, 3.05) is 0 Å². The number of rotatable bonds is 5. The first-order valence-electron chi connectivity index (χ1n) is 8.12. The highest BCUT2D eigenvalue weighted by Crippen LogP contribution is 2.43. The molecule has 2 rings (SSSR count). The van der Waals surface area contributed by atoms with Gasteiger partial charge in [-0.15, -0.1) is 0 Å². The predicted molar refractivity (Wildman–Crippen MR) is 93.0 cm³/mol. The van der Waals surface area contributed by atoms with Gasteiger partial charge in [-0.25, -0.2) is 0 Å². The lowest BCUT2D eigenvalue weighted by Gasteiger charge is -2.42. The van der Waals surface area contributed by atoms with Crippen LogP contribution in [0.1, 0.15) is 41.5 Å². The standard InChI is InChI=1S/C18H28NO2Si/c1-13(2)22(14(3)4,15(5)6)21-18-11-7-10-17-16(18)9-8-12-19(17)20/h7-15,20H,1-6H3/q+1. The molecule has 0 unspecified atom stereocenters. The molecule has 1 aromatic heterocycles. The Hall–Kier alpha value is -1.55. The van der Waals surface area contributed by atoms with Gasteiger partial charge in [0.1, 0.15) is 5.75 Å². The third-order valence-electron chi connectivity index (χ3n) is 4.77. The van der Waals surface area contributed by atoms with Crippen molar-refractivity contribution in [2.45, 2.75) is 58.2 Å². The van der Waals surface area contributed by atoms with Gasteiger partial charge in [0, 0.05) is 16.9 Å². The highest BCUT2D eigenvalue weighted by atomic mass is 28.4. The molecule has 0 saturated carbocycles. The summed E-state index contributed by atoms with van der Waals surface area (Å²) >= 11 is 0. The summed E-state index contributed by atoms with van der Waals surface area (Å²) < 4.78 is 7.93. The maximum atomic E-state index is 9.99. The van der Waals surface area contributed by atoms with Gasteiger partial charge in [0.05, 0.1) is 5.39 Å². The fraction of sp³-hybridized carbons (Fsp3) is 0.500. The van der Waals surface area contributed by atoms with Gasteiger partial charge in [-0.3, -0.25) is 5.21 Å². The van der Waals surface area contributed by atoms with Crippen LogP contribution in [0.2, 0.25) is 16.6 Å². The number of hydrogen-bond donors (Lipinski definition) is 1. The van der Waals surface area contributed by atoms with E-state index in [1.807, 2.05) is 30.3 Å². The molecule has 0 bridgehead atoms. The van der Waals surface area contributed by atoms with Gasteiger partial charge in [-0.05, 0) is 28.8 Å². The molecule has 2 aromatic rings. The van der Waals surface area contributed by atoms with Crippen LogP contribution in [0.3, 0.4) is 0 Å². The van der Waals surface area contributed by atoms with E-state index in [0.29, 0.717) is 16.6 Å². The van der Waals surface area contributed by atoms with Crippen molar-refractivity contribution in [3.63, 3.8) is 0 Å². The fourth-order valence-corrected chi connectivity index (χ4v) is 9.10. The Morgan fingerprint density at radius 3 is 2.05 bits per heavy atom. The molecule has 22 heavy (non-hydrogen) atoms. The summed E-state index contributed by atoms with van der Waals surface area (Å²) in [5, 5.41) is 11.0. The Labute approximate surface area is 134 Å². The normalized spacial score (nSPS) is 12.6. The first-order chi connectivity index (χ1) is 10.3.